The average molecular weight is 362 g/mol. The summed E-state index contributed by atoms with van der Waals surface area (Å²) in [6, 6.07) is 8.56. The minimum Gasteiger partial charge on any atom is -0.504 e. The summed E-state index contributed by atoms with van der Waals surface area (Å²) in [5, 5.41) is 14.7. The maximum absolute atomic E-state index is 12.4. The fraction of sp³-hybridized carbons (Fsp3) is 0.118. The van der Waals surface area contributed by atoms with Gasteiger partial charge < -0.3 is 10.4 Å². The summed E-state index contributed by atoms with van der Waals surface area (Å²) >= 11 is 11.9. The number of nitrogens with zero attached hydrogens (tertiary/aromatic N) is 2. The van der Waals surface area contributed by atoms with E-state index in [2.05, 4.69) is 15.3 Å². The molecule has 0 fully saturated rings. The largest absolute Gasteiger partial charge is 0.504 e. The Morgan fingerprint density at radius 3 is 2.67 bits per heavy atom. The molecule has 2 aromatic heterocycles. The van der Waals surface area contributed by atoms with Crippen LogP contribution in [0, 0.1) is 6.92 Å². The van der Waals surface area contributed by atoms with Crippen LogP contribution in [0.4, 0.5) is 0 Å². The lowest BCUT2D eigenvalue weighted by Gasteiger charge is -2.10. The average Bonchev–Trinajstić information content (AvgIpc) is 2.55. The first-order chi connectivity index (χ1) is 11.5. The van der Waals surface area contributed by atoms with Gasteiger partial charge in [-0.3, -0.25) is 9.78 Å². The molecule has 2 heterocycles. The van der Waals surface area contributed by atoms with Gasteiger partial charge in [0.15, 0.2) is 11.4 Å². The van der Waals surface area contributed by atoms with Gasteiger partial charge in [-0.15, -0.1) is 0 Å². The van der Waals surface area contributed by atoms with E-state index in [-0.39, 0.29) is 18.0 Å². The number of aryl methyl sites for hydroxylation is 1. The van der Waals surface area contributed by atoms with Gasteiger partial charge in [-0.1, -0.05) is 23.2 Å². The highest BCUT2D eigenvalue weighted by Crippen LogP contribution is 2.27. The lowest BCUT2D eigenvalue weighted by atomic mass is 10.1. The number of nitrogens with one attached hydrogen (secondary N) is 1. The van der Waals surface area contributed by atoms with Gasteiger partial charge in [-0.05, 0) is 42.8 Å². The zero-order chi connectivity index (χ0) is 17.3. The van der Waals surface area contributed by atoms with E-state index >= 15 is 0 Å². The number of hydrogen-bond donors (Lipinski definition) is 2. The molecule has 0 spiro atoms. The van der Waals surface area contributed by atoms with E-state index in [1.807, 2.05) is 0 Å². The SMILES string of the molecule is Cc1nc(C(=O)NCc2cc(Cl)cc(Cl)c2)c(O)c2ncccc12. The molecular formula is C17H13Cl2N3O2. The molecule has 0 atom stereocenters. The summed E-state index contributed by atoms with van der Waals surface area (Å²) in [4.78, 5) is 20.7. The van der Waals surface area contributed by atoms with Crippen LogP contribution in [0.25, 0.3) is 10.9 Å². The molecule has 3 rings (SSSR count). The number of benzene rings is 1. The quantitative estimate of drug-likeness (QED) is 0.742. The number of rotatable bonds is 3. The number of carbonyl (C=O) groups is 1. The van der Waals surface area contributed by atoms with Crippen molar-refractivity contribution in [2.45, 2.75) is 13.5 Å². The van der Waals surface area contributed by atoms with Crippen LogP contribution in [-0.2, 0) is 6.54 Å². The fourth-order valence-corrected chi connectivity index (χ4v) is 2.99. The molecule has 0 aliphatic heterocycles. The van der Waals surface area contributed by atoms with Gasteiger partial charge in [0.2, 0.25) is 0 Å². The number of fused-ring (bicyclic) bond motifs is 1. The first-order valence-corrected chi connectivity index (χ1v) is 7.89. The number of pyridine rings is 2. The summed E-state index contributed by atoms with van der Waals surface area (Å²) in [5.74, 6) is -0.739. The maximum atomic E-state index is 12.4. The van der Waals surface area contributed by atoms with E-state index in [0.29, 0.717) is 26.6 Å². The smallest absolute Gasteiger partial charge is 0.274 e. The Kier molecular flexibility index (Phi) is 4.55. The third kappa shape index (κ3) is 3.27. The molecule has 2 N–H and O–H groups in total. The van der Waals surface area contributed by atoms with Gasteiger partial charge in [-0.25, -0.2) is 4.98 Å². The van der Waals surface area contributed by atoms with Crippen molar-refractivity contribution in [1.82, 2.24) is 15.3 Å². The van der Waals surface area contributed by atoms with Gasteiger partial charge >= 0.3 is 0 Å². The van der Waals surface area contributed by atoms with E-state index in [1.165, 1.54) is 0 Å². The van der Waals surface area contributed by atoms with E-state index in [1.54, 1.807) is 43.5 Å². The van der Waals surface area contributed by atoms with Crippen LogP contribution in [-0.4, -0.2) is 21.0 Å². The molecule has 0 aliphatic rings. The number of halogens is 2. The van der Waals surface area contributed by atoms with Crippen molar-refractivity contribution in [3.63, 3.8) is 0 Å². The van der Waals surface area contributed by atoms with E-state index in [9.17, 15) is 9.90 Å². The highest BCUT2D eigenvalue weighted by molar-refractivity contribution is 6.34. The summed E-state index contributed by atoms with van der Waals surface area (Å²) in [6.07, 6.45) is 1.55. The fourth-order valence-electron chi connectivity index (χ4n) is 2.42. The first kappa shape index (κ1) is 16.5. The summed E-state index contributed by atoms with van der Waals surface area (Å²) in [5.41, 5.74) is 1.65. The van der Waals surface area contributed by atoms with Crippen molar-refractivity contribution in [1.29, 1.82) is 0 Å². The molecule has 1 amide bonds. The van der Waals surface area contributed by atoms with Crippen LogP contribution in [0.15, 0.2) is 36.5 Å². The van der Waals surface area contributed by atoms with Crippen molar-refractivity contribution in [3.8, 4) is 5.75 Å². The van der Waals surface area contributed by atoms with Gasteiger partial charge in [-0.2, -0.15) is 0 Å². The summed E-state index contributed by atoms with van der Waals surface area (Å²) in [6.45, 7) is 1.97. The van der Waals surface area contributed by atoms with Crippen molar-refractivity contribution in [2.24, 2.45) is 0 Å². The zero-order valence-electron chi connectivity index (χ0n) is 12.7. The molecule has 0 saturated heterocycles. The Hall–Kier alpha value is -2.37. The molecule has 7 heteroatoms. The highest BCUT2D eigenvalue weighted by atomic mass is 35.5. The Morgan fingerprint density at radius 1 is 1.25 bits per heavy atom. The van der Waals surface area contributed by atoms with Crippen molar-refractivity contribution in [3.05, 3.63) is 63.5 Å². The molecule has 24 heavy (non-hydrogen) atoms. The standard InChI is InChI=1S/C17H13Cl2N3O2/c1-9-13-3-2-4-20-14(13)16(23)15(22-9)17(24)21-8-10-5-11(18)7-12(19)6-10/h2-7,23H,8H2,1H3,(H,21,24). The van der Waals surface area contributed by atoms with E-state index in [0.717, 1.165) is 5.56 Å². The van der Waals surface area contributed by atoms with Crippen LogP contribution >= 0.6 is 23.2 Å². The summed E-state index contributed by atoms with van der Waals surface area (Å²) in [7, 11) is 0. The van der Waals surface area contributed by atoms with E-state index in [4.69, 9.17) is 23.2 Å². The Balaban J connectivity index is 1.87. The molecule has 3 aromatic rings. The van der Waals surface area contributed by atoms with Crippen LogP contribution in [0.3, 0.4) is 0 Å². The normalized spacial score (nSPS) is 10.8. The Labute approximate surface area is 148 Å². The molecule has 1 aromatic carbocycles. The predicted molar refractivity (Wildman–Crippen MR) is 93.6 cm³/mol. The number of aromatic nitrogens is 2. The highest BCUT2D eigenvalue weighted by Gasteiger charge is 2.18. The minimum atomic E-state index is -0.501. The van der Waals surface area contributed by atoms with Crippen molar-refractivity contribution in [2.75, 3.05) is 0 Å². The molecule has 122 valence electrons. The molecule has 5 nitrogen and oxygen atoms in total. The molecule has 0 bridgehead atoms. The predicted octanol–water partition coefficient (Wildman–Crippen LogP) is 3.88. The van der Waals surface area contributed by atoms with Crippen LogP contribution in [0.2, 0.25) is 10.0 Å². The first-order valence-electron chi connectivity index (χ1n) is 7.13. The van der Waals surface area contributed by atoms with E-state index < -0.39 is 5.91 Å². The summed E-state index contributed by atoms with van der Waals surface area (Å²) < 4.78 is 0. The topological polar surface area (TPSA) is 75.1 Å². The van der Waals surface area contributed by atoms with Crippen LogP contribution < -0.4 is 5.32 Å². The van der Waals surface area contributed by atoms with Gasteiger partial charge in [0, 0.05) is 33.9 Å². The molecule has 0 saturated carbocycles. The second-order valence-electron chi connectivity index (χ2n) is 5.25. The maximum Gasteiger partial charge on any atom is 0.274 e. The second-order valence-corrected chi connectivity index (χ2v) is 6.13. The molecule has 0 radical (unpaired) electrons. The van der Waals surface area contributed by atoms with Crippen LogP contribution in [0.5, 0.6) is 5.75 Å². The monoisotopic (exact) mass is 361 g/mol. The number of carbonyl (C=O) groups excluding carboxylic acids is 1. The Bertz CT molecular complexity index is 924. The third-order valence-corrected chi connectivity index (χ3v) is 3.95. The molecule has 0 unspecified atom stereocenters. The van der Waals surface area contributed by atoms with Gasteiger partial charge in [0.25, 0.3) is 5.91 Å². The van der Waals surface area contributed by atoms with Crippen molar-refractivity contribution < 1.29 is 9.90 Å². The van der Waals surface area contributed by atoms with Gasteiger partial charge in [0.05, 0.1) is 0 Å². The van der Waals surface area contributed by atoms with Crippen LogP contribution in [0.1, 0.15) is 21.7 Å². The third-order valence-electron chi connectivity index (χ3n) is 3.52. The number of hydrogen-bond acceptors (Lipinski definition) is 4. The number of amides is 1. The van der Waals surface area contributed by atoms with Gasteiger partial charge in [0.1, 0.15) is 5.52 Å². The lowest BCUT2D eigenvalue weighted by molar-refractivity contribution is 0.0943. The lowest BCUT2D eigenvalue weighted by Crippen LogP contribution is -2.24. The second kappa shape index (κ2) is 6.63. The minimum absolute atomic E-state index is 0.0631. The van der Waals surface area contributed by atoms with Crippen molar-refractivity contribution >= 4 is 40.0 Å². The molecular weight excluding hydrogens is 349 g/mol. The molecule has 0 aliphatic carbocycles. The number of aromatic hydroxyl groups is 1. The Morgan fingerprint density at radius 2 is 1.96 bits per heavy atom. The zero-order valence-corrected chi connectivity index (χ0v) is 14.2.